The van der Waals surface area contributed by atoms with Gasteiger partial charge < -0.3 is 79.2 Å². The molecule has 51 heavy (non-hydrogen) atoms. The predicted octanol–water partition coefficient (Wildman–Crippen LogP) is -1.81. The molecule has 10 N–H and O–H groups in total. The molecule has 4 heterocycles. The Labute approximate surface area is 289 Å². The van der Waals surface area contributed by atoms with Gasteiger partial charge >= 0.3 is 0 Å². The van der Waals surface area contributed by atoms with Crippen molar-refractivity contribution < 1.29 is 79.2 Å². The number of hydrogen-bond acceptors (Lipinski definition) is 18. The Morgan fingerprint density at radius 1 is 0.784 bits per heavy atom. The van der Waals surface area contributed by atoms with Crippen molar-refractivity contribution >= 4 is 11.0 Å². The molecule has 2 aromatic carbocycles. The first-order valence-electron chi connectivity index (χ1n) is 16.3. The van der Waals surface area contributed by atoms with Crippen molar-refractivity contribution in [2.24, 2.45) is 0 Å². The van der Waals surface area contributed by atoms with Gasteiger partial charge in [0.05, 0.1) is 25.9 Å². The zero-order valence-corrected chi connectivity index (χ0v) is 27.3. The predicted molar refractivity (Wildman–Crippen MR) is 171 cm³/mol. The minimum absolute atomic E-state index is 0.0228. The van der Waals surface area contributed by atoms with Crippen LogP contribution in [0.2, 0.25) is 0 Å². The molecule has 3 fully saturated rings. The number of phenolic OH excluding ortho intramolecular Hbond substituents is 4. The van der Waals surface area contributed by atoms with Crippen molar-refractivity contribution in [1.29, 1.82) is 0 Å². The number of nitrogens with zero attached hydrogens (tertiary/aromatic N) is 1. The van der Waals surface area contributed by atoms with Crippen LogP contribution in [0.5, 0.6) is 28.7 Å². The third kappa shape index (κ3) is 7.30. The second kappa shape index (κ2) is 15.1. The number of benzene rings is 2. The zero-order valence-electron chi connectivity index (χ0n) is 27.3. The fourth-order valence-electron chi connectivity index (χ4n) is 6.28. The molecule has 0 spiro atoms. The first-order valence-corrected chi connectivity index (χ1v) is 16.3. The maximum atomic E-state index is 14.2. The smallest absolute Gasteiger partial charge is 0.239 e. The van der Waals surface area contributed by atoms with Gasteiger partial charge in [0.25, 0.3) is 0 Å². The van der Waals surface area contributed by atoms with Crippen LogP contribution in [0.15, 0.2) is 33.5 Å². The van der Waals surface area contributed by atoms with Gasteiger partial charge in [0.2, 0.25) is 17.5 Å². The van der Waals surface area contributed by atoms with E-state index in [0.29, 0.717) is 32.8 Å². The van der Waals surface area contributed by atoms with E-state index in [0.717, 1.165) is 18.2 Å². The molecule has 0 unspecified atom stereocenters. The molecular weight excluding hydrogens is 682 g/mol. The fraction of sp³-hybridized carbons (Fsp3) is 0.545. The third-order valence-electron chi connectivity index (χ3n) is 9.34. The van der Waals surface area contributed by atoms with E-state index in [9.17, 15) is 55.9 Å². The number of morpholine rings is 1. The largest absolute Gasteiger partial charge is 0.507 e. The molecule has 1 aromatic heterocycles. The Morgan fingerprint density at radius 2 is 1.47 bits per heavy atom. The molecule has 0 aliphatic carbocycles. The maximum Gasteiger partial charge on any atom is 0.239 e. The number of phenols is 4. The summed E-state index contributed by atoms with van der Waals surface area (Å²) >= 11 is 0. The lowest BCUT2D eigenvalue weighted by atomic mass is 9.98. The van der Waals surface area contributed by atoms with Crippen molar-refractivity contribution in [3.05, 3.63) is 40.1 Å². The van der Waals surface area contributed by atoms with E-state index in [1.54, 1.807) is 0 Å². The number of aromatic hydroxyl groups is 4. The lowest BCUT2D eigenvalue weighted by molar-refractivity contribution is -0.318. The van der Waals surface area contributed by atoms with E-state index in [1.807, 2.05) is 0 Å². The van der Waals surface area contributed by atoms with Crippen LogP contribution in [0.25, 0.3) is 22.3 Å². The van der Waals surface area contributed by atoms with E-state index < -0.39 is 102 Å². The number of aliphatic hydroxyl groups excluding tert-OH is 6. The van der Waals surface area contributed by atoms with Gasteiger partial charge in [0.1, 0.15) is 65.2 Å². The summed E-state index contributed by atoms with van der Waals surface area (Å²) in [6.07, 6.45) is -16.1. The highest BCUT2D eigenvalue weighted by molar-refractivity contribution is 5.91. The molecule has 3 aliphatic heterocycles. The first-order chi connectivity index (χ1) is 24.3. The monoisotopic (exact) mass is 723 g/mol. The highest BCUT2D eigenvalue weighted by atomic mass is 16.7. The summed E-state index contributed by atoms with van der Waals surface area (Å²) in [5.41, 5.74) is -1.06. The molecule has 10 atom stereocenters. The van der Waals surface area contributed by atoms with Gasteiger partial charge in [-0.25, -0.2) is 0 Å². The summed E-state index contributed by atoms with van der Waals surface area (Å²) in [6, 6.07) is 4.41. The van der Waals surface area contributed by atoms with E-state index in [-0.39, 0.29) is 34.6 Å². The van der Waals surface area contributed by atoms with Gasteiger partial charge in [-0.3, -0.25) is 9.69 Å². The molecular formula is C33H41NO17. The normalized spacial score (nSPS) is 31.9. The Balaban J connectivity index is 1.36. The number of rotatable bonds is 9. The number of fused-ring (bicyclic) bond motifs is 1. The van der Waals surface area contributed by atoms with Crippen molar-refractivity contribution in [1.82, 2.24) is 4.90 Å². The van der Waals surface area contributed by atoms with Crippen molar-refractivity contribution in [2.45, 2.75) is 74.8 Å². The highest BCUT2D eigenvalue weighted by Crippen LogP contribution is 2.41. The van der Waals surface area contributed by atoms with Gasteiger partial charge in [-0.2, -0.15) is 0 Å². The molecule has 18 heteroatoms. The number of ether oxygens (including phenoxy) is 5. The van der Waals surface area contributed by atoms with Crippen LogP contribution in [0.3, 0.4) is 0 Å². The van der Waals surface area contributed by atoms with Crippen LogP contribution in [-0.4, -0.2) is 157 Å². The van der Waals surface area contributed by atoms with Crippen LogP contribution in [0.4, 0.5) is 0 Å². The minimum Gasteiger partial charge on any atom is -0.507 e. The van der Waals surface area contributed by atoms with E-state index in [1.165, 1.54) is 13.0 Å². The van der Waals surface area contributed by atoms with Gasteiger partial charge in [0.15, 0.2) is 23.5 Å². The van der Waals surface area contributed by atoms with Gasteiger partial charge in [0, 0.05) is 36.8 Å². The summed E-state index contributed by atoms with van der Waals surface area (Å²) in [7, 11) is 0. The Kier molecular flexibility index (Phi) is 10.9. The molecule has 6 rings (SSSR count). The van der Waals surface area contributed by atoms with Crippen LogP contribution in [-0.2, 0) is 25.4 Å². The van der Waals surface area contributed by atoms with Crippen molar-refractivity contribution in [3.8, 4) is 40.1 Å². The molecule has 3 aliphatic rings. The Hall–Kier alpha value is -3.79. The van der Waals surface area contributed by atoms with Crippen molar-refractivity contribution in [2.75, 3.05) is 39.5 Å². The topological polar surface area (TPSA) is 282 Å². The lowest BCUT2D eigenvalue weighted by Gasteiger charge is -2.42. The Morgan fingerprint density at radius 3 is 2.18 bits per heavy atom. The summed E-state index contributed by atoms with van der Waals surface area (Å²) in [4.78, 5) is 16.3. The molecule has 0 radical (unpaired) electrons. The second-order valence-corrected chi connectivity index (χ2v) is 12.7. The molecule has 0 amide bonds. The molecule has 0 bridgehead atoms. The summed E-state index contributed by atoms with van der Waals surface area (Å²) in [5.74, 6) is -3.20. The summed E-state index contributed by atoms with van der Waals surface area (Å²) in [5, 5.41) is 104. The quantitative estimate of drug-likeness (QED) is 0.109. The van der Waals surface area contributed by atoms with Gasteiger partial charge in [-0.1, -0.05) is 0 Å². The molecule has 280 valence electrons. The standard InChI is InChI=1S/C33H41NO17/c1-13-22(39)25(42)27(44)32(48-13)47-12-20-23(40)26(43)28(45)33(49-20)51-31-24(41)21-19(38)11-17(36)15(4-5-34-6-8-46-9-7-34)30(21)50-29(31)14-2-3-16(35)18(37)10-14/h2-3,10-11,13,20,22-23,25-28,32-33,35-40,42-45H,4-9,12H2,1H3/t13-,20+,22-,23+,25+,26-,27+,28+,32+,33-/m0/s1. The van der Waals surface area contributed by atoms with Crippen molar-refractivity contribution in [3.63, 3.8) is 0 Å². The fourth-order valence-corrected chi connectivity index (χ4v) is 6.28. The summed E-state index contributed by atoms with van der Waals surface area (Å²) < 4.78 is 34.0. The van der Waals surface area contributed by atoms with E-state index >= 15 is 0 Å². The average molecular weight is 724 g/mol. The maximum absolute atomic E-state index is 14.2. The third-order valence-corrected chi connectivity index (χ3v) is 9.34. The molecule has 0 saturated carbocycles. The Bertz CT molecular complexity index is 1760. The van der Waals surface area contributed by atoms with Crippen LogP contribution < -0.4 is 10.2 Å². The molecule has 3 aromatic rings. The summed E-state index contributed by atoms with van der Waals surface area (Å²) in [6.45, 7) is 3.54. The second-order valence-electron chi connectivity index (χ2n) is 12.7. The number of aliphatic hydroxyl groups is 6. The lowest BCUT2D eigenvalue weighted by Crippen LogP contribution is -2.61. The number of hydrogen-bond donors (Lipinski definition) is 10. The zero-order chi connectivity index (χ0) is 36.7. The average Bonchev–Trinajstić information content (AvgIpc) is 3.11. The van der Waals surface area contributed by atoms with Crippen LogP contribution in [0.1, 0.15) is 12.5 Å². The first kappa shape index (κ1) is 37.0. The molecule has 3 saturated heterocycles. The van der Waals surface area contributed by atoms with E-state index in [2.05, 4.69) is 4.90 Å². The van der Waals surface area contributed by atoms with Crippen LogP contribution >= 0.6 is 0 Å². The highest BCUT2D eigenvalue weighted by Gasteiger charge is 2.48. The molecule has 18 nitrogen and oxygen atoms in total. The minimum atomic E-state index is -1.99. The van der Waals surface area contributed by atoms with Gasteiger partial charge in [-0.15, -0.1) is 0 Å². The SMILES string of the molecule is C[C@@H]1O[C@@H](OC[C@H]2O[C@@H](Oc3c(-c4ccc(O)c(O)c4)oc4c(CCN5CCOCC5)c(O)cc(O)c4c3=O)[C@H](O)[C@@H](O)[C@@H]2O)[C@H](O)[C@H](O)[C@H]1O. The van der Waals surface area contributed by atoms with Crippen LogP contribution in [0, 0.1) is 0 Å². The van der Waals surface area contributed by atoms with E-state index in [4.69, 9.17) is 28.1 Å². The van der Waals surface area contributed by atoms with Gasteiger partial charge in [-0.05, 0) is 31.5 Å².